The molecule has 0 radical (unpaired) electrons. The summed E-state index contributed by atoms with van der Waals surface area (Å²) in [5.74, 6) is -1.46. The number of azide groups is 1. The molecule has 2 N–H and O–H groups in total. The molecule has 5 nitrogen and oxygen atoms in total. The van der Waals surface area contributed by atoms with E-state index in [1.165, 1.54) is 0 Å². The second-order valence-corrected chi connectivity index (χ2v) is 3.99. The van der Waals surface area contributed by atoms with Crippen LogP contribution in [0.5, 0.6) is 0 Å². The van der Waals surface area contributed by atoms with Crippen LogP contribution in [-0.2, 0) is 6.18 Å². The standard InChI is InChI=1S/C11H11F4N3O2/c12-8-2-1-6(5-7(8)11(13,14)15)10(20)9(19)3-4-17-18-16/h1-2,5,9-10,19-20H,3-4H2. The molecule has 0 saturated carbocycles. The zero-order chi connectivity index (χ0) is 15.3. The third kappa shape index (κ3) is 4.09. The minimum absolute atomic E-state index is 0.123. The van der Waals surface area contributed by atoms with Crippen LogP contribution in [0.2, 0.25) is 0 Å². The van der Waals surface area contributed by atoms with Crippen molar-refractivity contribution < 1.29 is 27.8 Å². The highest BCUT2D eigenvalue weighted by atomic mass is 19.4. The molecular formula is C11H11F4N3O2. The van der Waals surface area contributed by atoms with Gasteiger partial charge in [-0.15, -0.1) is 0 Å². The molecular weight excluding hydrogens is 282 g/mol. The van der Waals surface area contributed by atoms with Crippen LogP contribution in [0.15, 0.2) is 23.3 Å². The Bertz CT molecular complexity index is 515. The molecule has 0 bridgehead atoms. The summed E-state index contributed by atoms with van der Waals surface area (Å²) in [6.45, 7) is -0.123. The van der Waals surface area contributed by atoms with E-state index < -0.39 is 29.8 Å². The van der Waals surface area contributed by atoms with Gasteiger partial charge in [-0.25, -0.2) is 4.39 Å². The molecule has 1 rings (SSSR count). The number of hydrogen-bond donors (Lipinski definition) is 2. The molecule has 0 aliphatic heterocycles. The van der Waals surface area contributed by atoms with Gasteiger partial charge in [0.15, 0.2) is 0 Å². The Morgan fingerprint density at radius 1 is 1.30 bits per heavy atom. The van der Waals surface area contributed by atoms with Crippen LogP contribution in [0.25, 0.3) is 10.4 Å². The summed E-state index contributed by atoms with van der Waals surface area (Å²) < 4.78 is 50.6. The maximum atomic E-state index is 13.1. The predicted molar refractivity (Wildman–Crippen MR) is 61.0 cm³/mol. The van der Waals surface area contributed by atoms with Gasteiger partial charge < -0.3 is 10.2 Å². The first-order chi connectivity index (χ1) is 9.27. The Kier molecular flexibility index (Phi) is 5.32. The highest BCUT2D eigenvalue weighted by molar-refractivity contribution is 5.29. The molecule has 0 aliphatic rings. The van der Waals surface area contributed by atoms with E-state index in [0.29, 0.717) is 12.1 Å². The quantitative estimate of drug-likeness (QED) is 0.378. The maximum Gasteiger partial charge on any atom is 0.419 e. The van der Waals surface area contributed by atoms with E-state index >= 15 is 0 Å². The van der Waals surface area contributed by atoms with Gasteiger partial charge in [0.25, 0.3) is 0 Å². The summed E-state index contributed by atoms with van der Waals surface area (Å²) in [6.07, 6.45) is -8.09. The SMILES string of the molecule is [N-]=[N+]=NCCC(O)C(O)c1ccc(F)c(C(F)(F)F)c1. The first kappa shape index (κ1) is 16.2. The van der Waals surface area contributed by atoms with Crippen LogP contribution in [0.1, 0.15) is 23.7 Å². The lowest BCUT2D eigenvalue weighted by molar-refractivity contribution is -0.140. The fourth-order valence-corrected chi connectivity index (χ4v) is 1.56. The van der Waals surface area contributed by atoms with Crippen molar-refractivity contribution in [3.8, 4) is 0 Å². The molecule has 0 amide bonds. The van der Waals surface area contributed by atoms with Crippen molar-refractivity contribution >= 4 is 0 Å². The largest absolute Gasteiger partial charge is 0.419 e. The highest BCUT2D eigenvalue weighted by Gasteiger charge is 2.35. The topological polar surface area (TPSA) is 89.2 Å². The Labute approximate surface area is 111 Å². The molecule has 0 aliphatic carbocycles. The van der Waals surface area contributed by atoms with Crippen molar-refractivity contribution in [2.24, 2.45) is 5.11 Å². The number of nitrogens with zero attached hydrogens (tertiary/aromatic N) is 3. The van der Waals surface area contributed by atoms with Gasteiger partial charge in [0.1, 0.15) is 11.9 Å². The Hall–Kier alpha value is -1.83. The fraction of sp³-hybridized carbons (Fsp3) is 0.455. The average Bonchev–Trinajstić information content (AvgIpc) is 2.37. The molecule has 9 heteroatoms. The molecule has 2 unspecified atom stereocenters. The van der Waals surface area contributed by atoms with E-state index in [9.17, 15) is 27.8 Å². The summed E-state index contributed by atoms with van der Waals surface area (Å²) in [7, 11) is 0. The molecule has 1 aromatic carbocycles. The van der Waals surface area contributed by atoms with Gasteiger partial charge >= 0.3 is 6.18 Å². The zero-order valence-electron chi connectivity index (χ0n) is 10.0. The lowest BCUT2D eigenvalue weighted by atomic mass is 9.99. The third-order valence-corrected chi connectivity index (χ3v) is 2.59. The van der Waals surface area contributed by atoms with Crippen molar-refractivity contribution in [2.45, 2.75) is 24.8 Å². The predicted octanol–water partition coefficient (Wildman–Crippen LogP) is 2.94. The highest BCUT2D eigenvalue weighted by Crippen LogP contribution is 2.33. The average molecular weight is 293 g/mol. The number of rotatable bonds is 5. The van der Waals surface area contributed by atoms with E-state index in [2.05, 4.69) is 10.0 Å². The van der Waals surface area contributed by atoms with Crippen LogP contribution >= 0.6 is 0 Å². The minimum Gasteiger partial charge on any atom is -0.390 e. The van der Waals surface area contributed by atoms with Crippen LogP contribution in [0.4, 0.5) is 17.6 Å². The monoisotopic (exact) mass is 293 g/mol. The maximum absolute atomic E-state index is 13.1. The molecule has 0 heterocycles. The second-order valence-electron chi connectivity index (χ2n) is 3.99. The Morgan fingerprint density at radius 2 is 1.95 bits per heavy atom. The normalized spacial score (nSPS) is 14.5. The van der Waals surface area contributed by atoms with E-state index in [1.54, 1.807) is 0 Å². The summed E-state index contributed by atoms with van der Waals surface area (Å²) in [6, 6.07) is 1.96. The van der Waals surface area contributed by atoms with E-state index in [-0.39, 0.29) is 18.5 Å². The molecule has 0 saturated heterocycles. The van der Waals surface area contributed by atoms with E-state index in [4.69, 9.17) is 5.53 Å². The molecule has 0 aromatic heterocycles. The number of aliphatic hydroxyl groups excluding tert-OH is 2. The zero-order valence-corrected chi connectivity index (χ0v) is 10.0. The number of alkyl halides is 3. The molecule has 0 fully saturated rings. The van der Waals surface area contributed by atoms with E-state index in [0.717, 1.165) is 6.07 Å². The molecule has 1 aromatic rings. The van der Waals surface area contributed by atoms with Gasteiger partial charge in [-0.05, 0) is 29.6 Å². The molecule has 0 spiro atoms. The van der Waals surface area contributed by atoms with Crippen molar-refractivity contribution in [2.75, 3.05) is 6.54 Å². The molecule has 110 valence electrons. The van der Waals surface area contributed by atoms with Crippen molar-refractivity contribution in [3.63, 3.8) is 0 Å². The summed E-state index contributed by atoms with van der Waals surface area (Å²) in [4.78, 5) is 2.43. The van der Waals surface area contributed by atoms with Crippen molar-refractivity contribution in [1.82, 2.24) is 0 Å². The van der Waals surface area contributed by atoms with Gasteiger partial charge in [0, 0.05) is 11.5 Å². The number of halogens is 4. The fourth-order valence-electron chi connectivity index (χ4n) is 1.56. The van der Waals surface area contributed by atoms with Crippen LogP contribution in [0.3, 0.4) is 0 Å². The Balaban J connectivity index is 2.93. The molecule has 20 heavy (non-hydrogen) atoms. The van der Waals surface area contributed by atoms with Crippen molar-refractivity contribution in [3.05, 3.63) is 45.6 Å². The molecule has 2 atom stereocenters. The summed E-state index contributed by atoms with van der Waals surface area (Å²) in [5.41, 5.74) is 6.25. The van der Waals surface area contributed by atoms with Gasteiger partial charge in [0.05, 0.1) is 11.7 Å². The van der Waals surface area contributed by atoms with Crippen LogP contribution < -0.4 is 0 Å². The summed E-state index contributed by atoms with van der Waals surface area (Å²) >= 11 is 0. The number of aliphatic hydroxyl groups is 2. The van der Waals surface area contributed by atoms with E-state index in [1.807, 2.05) is 0 Å². The first-order valence-electron chi connectivity index (χ1n) is 5.51. The lowest BCUT2D eigenvalue weighted by Crippen LogP contribution is -2.20. The van der Waals surface area contributed by atoms with Gasteiger partial charge in [0.2, 0.25) is 0 Å². The minimum atomic E-state index is -4.89. The lowest BCUT2D eigenvalue weighted by Gasteiger charge is -2.19. The van der Waals surface area contributed by atoms with Crippen LogP contribution in [-0.4, -0.2) is 22.9 Å². The van der Waals surface area contributed by atoms with Gasteiger partial charge in [-0.1, -0.05) is 11.2 Å². The van der Waals surface area contributed by atoms with Gasteiger partial charge in [-0.3, -0.25) is 0 Å². The van der Waals surface area contributed by atoms with Crippen LogP contribution in [0, 0.1) is 5.82 Å². The van der Waals surface area contributed by atoms with Gasteiger partial charge in [-0.2, -0.15) is 13.2 Å². The third-order valence-electron chi connectivity index (χ3n) is 2.59. The number of hydrogen-bond acceptors (Lipinski definition) is 3. The first-order valence-corrected chi connectivity index (χ1v) is 5.51. The second kappa shape index (κ2) is 6.56. The Morgan fingerprint density at radius 3 is 2.50 bits per heavy atom. The van der Waals surface area contributed by atoms with Crippen molar-refractivity contribution in [1.29, 1.82) is 0 Å². The number of benzene rings is 1. The smallest absolute Gasteiger partial charge is 0.390 e. The summed E-state index contributed by atoms with van der Waals surface area (Å²) in [5, 5.41) is 22.4.